The Labute approximate surface area is 232 Å². The van der Waals surface area contributed by atoms with E-state index in [2.05, 4.69) is 71.7 Å². The third-order valence-corrected chi connectivity index (χ3v) is 8.87. The molecule has 4 aromatic rings. The Morgan fingerprint density at radius 3 is 2.66 bits per heavy atom. The van der Waals surface area contributed by atoms with E-state index in [1.165, 1.54) is 6.33 Å². The molecule has 0 unspecified atom stereocenters. The molecule has 2 N–H and O–H groups in total. The first-order chi connectivity index (χ1) is 18.3. The number of imidazole rings is 1. The van der Waals surface area contributed by atoms with E-state index in [9.17, 15) is 0 Å². The normalized spacial score (nSPS) is 16.1. The smallest absolute Gasteiger partial charge is 0.246 e. The van der Waals surface area contributed by atoms with Crippen molar-refractivity contribution in [3.63, 3.8) is 0 Å². The highest BCUT2D eigenvalue weighted by Gasteiger charge is 2.28. The molecule has 5 heterocycles. The van der Waals surface area contributed by atoms with Crippen LogP contribution in [0.4, 0.5) is 11.8 Å². The van der Waals surface area contributed by atoms with Gasteiger partial charge in [0.2, 0.25) is 12.7 Å². The number of aryl methyl sites for hydroxylation is 1. The van der Waals surface area contributed by atoms with E-state index in [1.54, 1.807) is 11.8 Å². The molecule has 0 amide bonds. The number of ether oxygens (including phenoxy) is 2. The number of nitrogens with zero attached hydrogens (tertiary/aromatic N) is 9. The van der Waals surface area contributed by atoms with Crippen molar-refractivity contribution in [2.45, 2.75) is 62.2 Å². The highest BCUT2D eigenvalue weighted by atomic mass is 79.9. The Morgan fingerprint density at radius 1 is 1.13 bits per heavy atom. The van der Waals surface area contributed by atoms with Gasteiger partial charge in [-0.3, -0.25) is 0 Å². The van der Waals surface area contributed by atoms with Crippen LogP contribution in [0.1, 0.15) is 40.0 Å². The number of nitrogens with two attached hydrogens (primary N) is 1. The number of rotatable bonds is 6. The van der Waals surface area contributed by atoms with Crippen LogP contribution in [0.2, 0.25) is 0 Å². The lowest BCUT2D eigenvalue weighted by Crippen LogP contribution is -2.38. The minimum Gasteiger partial charge on any atom is -0.454 e. The molecule has 0 bridgehead atoms. The number of halogens is 1. The maximum absolute atomic E-state index is 6.17. The molecule has 1 aromatic carbocycles. The SMILES string of the molecule is CC(C)(C)n1nnnc1N1CCC(CCn2c(Sc3cc4c(cc3Br)OCO4)nc3c(N)ncnc32)CC1. The fraction of sp³-hybridized carbons (Fsp3) is 0.500. The van der Waals surface area contributed by atoms with Crippen LogP contribution in [0, 0.1) is 5.92 Å². The molecule has 2 aliphatic heterocycles. The zero-order valence-electron chi connectivity index (χ0n) is 21.5. The Kier molecular flexibility index (Phi) is 6.54. The van der Waals surface area contributed by atoms with Crippen molar-refractivity contribution in [3.05, 3.63) is 22.9 Å². The van der Waals surface area contributed by atoms with Gasteiger partial charge in [-0.2, -0.15) is 0 Å². The van der Waals surface area contributed by atoms with Gasteiger partial charge in [0, 0.05) is 29.0 Å². The Morgan fingerprint density at radius 2 is 1.89 bits per heavy atom. The maximum atomic E-state index is 6.17. The summed E-state index contributed by atoms with van der Waals surface area (Å²) in [5.41, 5.74) is 7.38. The number of nitrogen functional groups attached to an aromatic ring is 1. The molecule has 0 atom stereocenters. The Hall–Kier alpha value is -3.13. The predicted molar refractivity (Wildman–Crippen MR) is 146 cm³/mol. The third-order valence-electron chi connectivity index (χ3n) is 6.90. The van der Waals surface area contributed by atoms with Crippen LogP contribution < -0.4 is 20.1 Å². The van der Waals surface area contributed by atoms with E-state index in [-0.39, 0.29) is 12.3 Å². The lowest BCUT2D eigenvalue weighted by atomic mass is 9.93. The van der Waals surface area contributed by atoms with Crippen LogP contribution in [0.15, 0.2) is 33.0 Å². The van der Waals surface area contributed by atoms with Crippen molar-refractivity contribution < 1.29 is 9.47 Å². The van der Waals surface area contributed by atoms with Crippen LogP contribution in [0.3, 0.4) is 0 Å². The molecule has 0 aliphatic carbocycles. The minimum absolute atomic E-state index is 0.164. The number of aromatic nitrogens is 8. The van der Waals surface area contributed by atoms with Crippen LogP contribution >= 0.6 is 27.7 Å². The van der Waals surface area contributed by atoms with Crippen molar-refractivity contribution in [2.24, 2.45) is 5.92 Å². The largest absolute Gasteiger partial charge is 0.454 e. The minimum atomic E-state index is -0.164. The molecule has 12 nitrogen and oxygen atoms in total. The quantitative estimate of drug-likeness (QED) is 0.342. The zero-order valence-corrected chi connectivity index (χ0v) is 23.9. The highest BCUT2D eigenvalue weighted by molar-refractivity contribution is 9.10. The Balaban J connectivity index is 1.19. The van der Waals surface area contributed by atoms with Crippen LogP contribution in [-0.2, 0) is 12.1 Å². The molecule has 2 aliphatic rings. The first-order valence-electron chi connectivity index (χ1n) is 12.6. The van der Waals surface area contributed by atoms with Crippen molar-refractivity contribution in [2.75, 3.05) is 30.5 Å². The van der Waals surface area contributed by atoms with Gasteiger partial charge < -0.3 is 24.7 Å². The van der Waals surface area contributed by atoms with Crippen molar-refractivity contribution in [1.82, 2.24) is 39.7 Å². The summed E-state index contributed by atoms with van der Waals surface area (Å²) in [5.74, 6) is 3.24. The van der Waals surface area contributed by atoms with Crippen LogP contribution in [-0.4, -0.2) is 59.6 Å². The van der Waals surface area contributed by atoms with E-state index >= 15 is 0 Å². The molecule has 0 spiro atoms. The van der Waals surface area contributed by atoms with Gasteiger partial charge in [-0.05, 0) is 84.4 Å². The monoisotopic (exact) mass is 600 g/mol. The van der Waals surface area contributed by atoms with E-state index in [4.69, 9.17) is 20.2 Å². The van der Waals surface area contributed by atoms with Gasteiger partial charge >= 0.3 is 0 Å². The third kappa shape index (κ3) is 4.75. The van der Waals surface area contributed by atoms with E-state index in [0.717, 1.165) is 76.5 Å². The van der Waals surface area contributed by atoms with Crippen LogP contribution in [0.25, 0.3) is 11.2 Å². The average Bonchev–Trinajstić information content (AvgIpc) is 3.62. The number of benzene rings is 1. The first kappa shape index (κ1) is 25.2. The zero-order chi connectivity index (χ0) is 26.4. The predicted octanol–water partition coefficient (Wildman–Crippen LogP) is 4.10. The van der Waals surface area contributed by atoms with Crippen molar-refractivity contribution in [3.8, 4) is 11.5 Å². The molecule has 14 heteroatoms. The van der Waals surface area contributed by atoms with Gasteiger partial charge in [0.1, 0.15) is 6.33 Å². The first-order valence-corrected chi connectivity index (χ1v) is 14.2. The molecule has 0 saturated carbocycles. The number of hydrogen-bond donors (Lipinski definition) is 1. The molecule has 3 aromatic heterocycles. The van der Waals surface area contributed by atoms with Crippen molar-refractivity contribution in [1.29, 1.82) is 0 Å². The second kappa shape index (κ2) is 9.88. The van der Waals surface area contributed by atoms with Gasteiger partial charge in [0.05, 0.1) is 5.54 Å². The van der Waals surface area contributed by atoms with Gasteiger partial charge in [-0.25, -0.2) is 19.6 Å². The highest BCUT2D eigenvalue weighted by Crippen LogP contribution is 2.43. The van der Waals surface area contributed by atoms with E-state index in [1.807, 2.05) is 16.8 Å². The van der Waals surface area contributed by atoms with Gasteiger partial charge in [0.25, 0.3) is 0 Å². The number of piperidine rings is 1. The number of anilines is 2. The summed E-state index contributed by atoms with van der Waals surface area (Å²) in [6, 6.07) is 3.90. The average molecular weight is 602 g/mol. The maximum Gasteiger partial charge on any atom is 0.246 e. The lowest BCUT2D eigenvalue weighted by molar-refractivity contribution is 0.174. The topological polar surface area (TPSA) is 135 Å². The number of fused-ring (bicyclic) bond motifs is 2. The Bertz CT molecular complexity index is 1480. The molecule has 0 radical (unpaired) electrons. The summed E-state index contributed by atoms with van der Waals surface area (Å²) in [4.78, 5) is 16.8. The van der Waals surface area contributed by atoms with E-state index in [0.29, 0.717) is 17.3 Å². The van der Waals surface area contributed by atoms with E-state index < -0.39 is 0 Å². The lowest BCUT2D eigenvalue weighted by Gasteiger charge is -2.34. The molecule has 1 saturated heterocycles. The molecule has 38 heavy (non-hydrogen) atoms. The van der Waals surface area contributed by atoms with Crippen molar-refractivity contribution >= 4 is 50.6 Å². The van der Waals surface area contributed by atoms with Gasteiger partial charge in [-0.15, -0.1) is 0 Å². The van der Waals surface area contributed by atoms with Gasteiger partial charge in [-0.1, -0.05) is 16.9 Å². The summed E-state index contributed by atoms with van der Waals surface area (Å²) in [6.07, 6.45) is 4.63. The molecule has 200 valence electrons. The molecule has 1 fully saturated rings. The summed E-state index contributed by atoms with van der Waals surface area (Å²) in [7, 11) is 0. The fourth-order valence-corrected chi connectivity index (χ4v) is 6.34. The van der Waals surface area contributed by atoms with Crippen LogP contribution in [0.5, 0.6) is 11.5 Å². The molecular formula is C24H29BrN10O2S. The fourth-order valence-electron chi connectivity index (χ4n) is 4.84. The summed E-state index contributed by atoms with van der Waals surface area (Å²) >= 11 is 5.21. The summed E-state index contributed by atoms with van der Waals surface area (Å²) < 4.78 is 16.1. The molecule has 6 rings (SSSR count). The second-order valence-corrected chi connectivity index (χ2v) is 12.4. The summed E-state index contributed by atoms with van der Waals surface area (Å²) in [5, 5.41) is 13.3. The number of tetrazole rings is 1. The second-order valence-electron chi connectivity index (χ2n) is 10.5. The summed E-state index contributed by atoms with van der Waals surface area (Å²) in [6.45, 7) is 9.20. The van der Waals surface area contributed by atoms with Gasteiger partial charge in [0.15, 0.2) is 33.6 Å². The molecular weight excluding hydrogens is 572 g/mol. The number of hydrogen-bond acceptors (Lipinski definition) is 11. The standard InChI is InChI=1S/C24H29BrN10O2S/c1-24(2,3)35-22(30-31-32-35)33-7-4-14(5-8-33)6-9-34-21-19(20(26)27-12-28-21)29-23(34)38-18-11-17-16(10-15(18)25)36-13-37-17/h10-12,14H,4-9,13H2,1-3H3,(H2,26,27,28).